The molecule has 0 bridgehead atoms. The van der Waals surface area contributed by atoms with Crippen LogP contribution in [0.25, 0.3) is 11.1 Å². The van der Waals surface area contributed by atoms with E-state index in [1.54, 1.807) is 37.4 Å². The third-order valence-electron chi connectivity index (χ3n) is 2.28. The number of rotatable bonds is 1. The van der Waals surface area contributed by atoms with E-state index in [1.807, 2.05) is 0 Å². The van der Waals surface area contributed by atoms with E-state index in [9.17, 15) is 4.79 Å². The highest BCUT2D eigenvalue weighted by atomic mass is 35.5. The summed E-state index contributed by atoms with van der Waals surface area (Å²) in [6, 6.07) is 7.09. The van der Waals surface area contributed by atoms with Crippen molar-refractivity contribution in [3.05, 3.63) is 56.4 Å². The number of H-pyrrole nitrogens is 1. The monoisotopic (exact) mass is 253 g/mol. The van der Waals surface area contributed by atoms with Crippen molar-refractivity contribution in [3.8, 4) is 11.1 Å². The van der Waals surface area contributed by atoms with Gasteiger partial charge in [0.1, 0.15) is 0 Å². The number of halogens is 2. The SMILES string of the molecule is Cc1cc(-c2cc(Cl)cc(Cl)c2)c[nH]c1=O. The summed E-state index contributed by atoms with van der Waals surface area (Å²) in [5, 5.41) is 1.15. The Morgan fingerprint density at radius 2 is 1.62 bits per heavy atom. The Hall–Kier alpha value is -1.25. The summed E-state index contributed by atoms with van der Waals surface area (Å²) in [4.78, 5) is 13.9. The summed E-state index contributed by atoms with van der Waals surface area (Å²) in [6.45, 7) is 1.76. The number of pyridine rings is 1. The zero-order chi connectivity index (χ0) is 11.7. The van der Waals surface area contributed by atoms with Crippen LogP contribution < -0.4 is 5.56 Å². The number of aromatic nitrogens is 1. The lowest BCUT2D eigenvalue weighted by Crippen LogP contribution is -2.07. The molecule has 0 fully saturated rings. The smallest absolute Gasteiger partial charge is 0.250 e. The average molecular weight is 254 g/mol. The van der Waals surface area contributed by atoms with Crippen molar-refractivity contribution in [2.45, 2.75) is 6.92 Å². The maximum atomic E-state index is 11.2. The van der Waals surface area contributed by atoms with Crippen LogP contribution in [0.4, 0.5) is 0 Å². The Bertz CT molecular complexity index is 570. The Balaban J connectivity index is 2.58. The van der Waals surface area contributed by atoms with Gasteiger partial charge in [-0.05, 0) is 42.3 Å². The highest BCUT2D eigenvalue weighted by Gasteiger charge is 2.03. The third-order valence-corrected chi connectivity index (χ3v) is 2.72. The molecule has 2 rings (SSSR count). The molecule has 1 heterocycles. The summed E-state index contributed by atoms with van der Waals surface area (Å²) in [6.07, 6.45) is 1.65. The molecular weight excluding hydrogens is 245 g/mol. The summed E-state index contributed by atoms with van der Waals surface area (Å²) in [5.74, 6) is 0. The predicted molar refractivity (Wildman–Crippen MR) is 67.3 cm³/mol. The van der Waals surface area contributed by atoms with Gasteiger partial charge in [-0.2, -0.15) is 0 Å². The van der Waals surface area contributed by atoms with Gasteiger partial charge in [0.25, 0.3) is 5.56 Å². The van der Waals surface area contributed by atoms with Gasteiger partial charge in [-0.25, -0.2) is 0 Å². The van der Waals surface area contributed by atoms with Gasteiger partial charge in [0.05, 0.1) is 0 Å². The van der Waals surface area contributed by atoms with E-state index in [-0.39, 0.29) is 5.56 Å². The van der Waals surface area contributed by atoms with E-state index in [2.05, 4.69) is 4.98 Å². The van der Waals surface area contributed by atoms with Crippen LogP contribution >= 0.6 is 23.2 Å². The minimum absolute atomic E-state index is 0.0862. The normalized spacial score (nSPS) is 10.4. The van der Waals surface area contributed by atoms with E-state index in [0.717, 1.165) is 11.1 Å². The standard InChI is InChI=1S/C12H9Cl2NO/c1-7-2-9(6-15-12(7)16)8-3-10(13)5-11(14)4-8/h2-6H,1H3,(H,15,16). The van der Waals surface area contributed by atoms with E-state index < -0.39 is 0 Å². The maximum Gasteiger partial charge on any atom is 0.250 e. The number of hydrogen-bond donors (Lipinski definition) is 1. The largest absolute Gasteiger partial charge is 0.328 e. The number of aromatic amines is 1. The molecule has 0 saturated heterocycles. The Labute approximate surface area is 103 Å². The topological polar surface area (TPSA) is 32.9 Å². The summed E-state index contributed by atoms with van der Waals surface area (Å²) >= 11 is 11.8. The van der Waals surface area contributed by atoms with Crippen LogP contribution in [0.5, 0.6) is 0 Å². The van der Waals surface area contributed by atoms with Crippen molar-refractivity contribution in [3.63, 3.8) is 0 Å². The summed E-state index contributed by atoms with van der Waals surface area (Å²) in [7, 11) is 0. The van der Waals surface area contributed by atoms with Crippen LogP contribution in [0, 0.1) is 6.92 Å². The zero-order valence-corrected chi connectivity index (χ0v) is 10.1. The molecule has 0 spiro atoms. The van der Waals surface area contributed by atoms with Crippen LogP contribution in [-0.2, 0) is 0 Å². The molecule has 0 saturated carbocycles. The molecule has 0 radical (unpaired) electrons. The molecule has 0 atom stereocenters. The van der Waals surface area contributed by atoms with Crippen molar-refractivity contribution in [1.82, 2.24) is 4.98 Å². The van der Waals surface area contributed by atoms with Crippen LogP contribution in [0.15, 0.2) is 35.3 Å². The first-order valence-electron chi connectivity index (χ1n) is 4.72. The fourth-order valence-electron chi connectivity index (χ4n) is 1.48. The molecule has 4 heteroatoms. The van der Waals surface area contributed by atoms with Crippen molar-refractivity contribution in [1.29, 1.82) is 0 Å². The zero-order valence-electron chi connectivity index (χ0n) is 8.55. The predicted octanol–water partition coefficient (Wildman–Crippen LogP) is 3.66. The highest BCUT2D eigenvalue weighted by molar-refractivity contribution is 6.35. The van der Waals surface area contributed by atoms with Crippen LogP contribution in [0.1, 0.15) is 5.56 Å². The van der Waals surface area contributed by atoms with E-state index in [4.69, 9.17) is 23.2 Å². The first-order valence-corrected chi connectivity index (χ1v) is 5.47. The van der Waals surface area contributed by atoms with Crippen LogP contribution in [0.2, 0.25) is 10.0 Å². The summed E-state index contributed by atoms with van der Waals surface area (Å²) < 4.78 is 0. The van der Waals surface area contributed by atoms with Crippen LogP contribution in [-0.4, -0.2) is 4.98 Å². The Morgan fingerprint density at radius 1 is 1.00 bits per heavy atom. The first-order chi connectivity index (χ1) is 7.56. The fraction of sp³-hybridized carbons (Fsp3) is 0.0833. The van der Waals surface area contributed by atoms with Crippen LogP contribution in [0.3, 0.4) is 0 Å². The molecule has 0 aliphatic carbocycles. The molecule has 2 aromatic rings. The molecule has 2 nitrogen and oxygen atoms in total. The van der Waals surface area contributed by atoms with Gasteiger partial charge in [0, 0.05) is 21.8 Å². The minimum atomic E-state index is -0.0862. The highest BCUT2D eigenvalue weighted by Crippen LogP contribution is 2.26. The maximum absolute atomic E-state index is 11.2. The number of nitrogens with one attached hydrogen (secondary N) is 1. The lowest BCUT2D eigenvalue weighted by Gasteiger charge is -2.04. The van der Waals surface area contributed by atoms with E-state index in [1.165, 1.54) is 0 Å². The molecule has 16 heavy (non-hydrogen) atoms. The Morgan fingerprint density at radius 3 is 2.19 bits per heavy atom. The quantitative estimate of drug-likeness (QED) is 0.827. The van der Waals surface area contributed by atoms with E-state index in [0.29, 0.717) is 15.6 Å². The molecule has 1 N–H and O–H groups in total. The van der Waals surface area contributed by atoms with Gasteiger partial charge in [-0.1, -0.05) is 23.2 Å². The van der Waals surface area contributed by atoms with Crippen molar-refractivity contribution in [2.24, 2.45) is 0 Å². The van der Waals surface area contributed by atoms with Gasteiger partial charge >= 0.3 is 0 Å². The lowest BCUT2D eigenvalue weighted by atomic mass is 10.1. The lowest BCUT2D eigenvalue weighted by molar-refractivity contribution is 1.18. The molecule has 0 unspecified atom stereocenters. The first kappa shape index (κ1) is 11.2. The van der Waals surface area contributed by atoms with Crippen molar-refractivity contribution < 1.29 is 0 Å². The molecule has 1 aromatic heterocycles. The second-order valence-electron chi connectivity index (χ2n) is 3.56. The van der Waals surface area contributed by atoms with Gasteiger partial charge in [0.15, 0.2) is 0 Å². The number of hydrogen-bond acceptors (Lipinski definition) is 1. The van der Waals surface area contributed by atoms with Gasteiger partial charge in [-0.3, -0.25) is 4.79 Å². The number of benzene rings is 1. The number of aryl methyl sites for hydroxylation is 1. The van der Waals surface area contributed by atoms with E-state index >= 15 is 0 Å². The molecular formula is C12H9Cl2NO. The minimum Gasteiger partial charge on any atom is -0.328 e. The molecule has 0 amide bonds. The fourth-order valence-corrected chi connectivity index (χ4v) is 2.01. The molecule has 1 aromatic carbocycles. The second kappa shape index (κ2) is 4.32. The van der Waals surface area contributed by atoms with Crippen molar-refractivity contribution >= 4 is 23.2 Å². The second-order valence-corrected chi connectivity index (χ2v) is 4.43. The molecule has 0 aliphatic heterocycles. The van der Waals surface area contributed by atoms with Crippen molar-refractivity contribution in [2.75, 3.05) is 0 Å². The Kier molecular flexibility index (Phi) is 3.03. The summed E-state index contributed by atoms with van der Waals surface area (Å²) in [5.41, 5.74) is 2.35. The van der Waals surface area contributed by atoms with Gasteiger partial charge in [0.2, 0.25) is 0 Å². The molecule has 0 aliphatic rings. The third kappa shape index (κ3) is 2.29. The average Bonchev–Trinajstić information content (AvgIpc) is 2.20. The molecule has 82 valence electrons. The van der Waals surface area contributed by atoms with Gasteiger partial charge in [-0.15, -0.1) is 0 Å². The van der Waals surface area contributed by atoms with Gasteiger partial charge < -0.3 is 4.98 Å².